The Morgan fingerprint density at radius 2 is 1.21 bits per heavy atom. The van der Waals surface area contributed by atoms with Gasteiger partial charge in [0.25, 0.3) is 0 Å². The van der Waals surface area contributed by atoms with Crippen LogP contribution >= 0.6 is 0 Å². The van der Waals surface area contributed by atoms with Gasteiger partial charge in [-0.05, 0) is 160 Å². The number of anilines is 3. The topological polar surface area (TPSA) is 3.24 Å². The molecule has 0 aromatic heterocycles. The molecule has 0 radical (unpaired) electrons. The molecule has 6 aliphatic carbocycles. The standard InChI is InChI=1S/C57H51N/c1-56(2)52-19-11-10-17-48(52)49-26-25-45(33-53(49)56)58(55-32-43-14-6-7-15-46(43)47-16-8-9-18-50(47)55)54-27-22-42(31-51(54)41-12-4-3-5-13-41)40-20-23-44(24-21-40)57-34-37-28-38(35-57)30-39(29-37)36-57/h3-10,12-18,20-27,31-33,37-39H,11,19,28-30,34-36H2,1-2H3. The lowest BCUT2D eigenvalue weighted by Gasteiger charge is -2.57. The fraction of sp³-hybridized carbons (Fsp3) is 0.263. The largest absolute Gasteiger partial charge is 0.309 e. The third kappa shape index (κ3) is 5.28. The van der Waals surface area contributed by atoms with Gasteiger partial charge in [-0.1, -0.05) is 147 Å². The first-order chi connectivity index (χ1) is 28.4. The number of hydrogen-bond acceptors (Lipinski definition) is 1. The molecule has 0 saturated heterocycles. The number of fused-ring (bicyclic) bond motifs is 5. The Morgan fingerprint density at radius 3 is 1.97 bits per heavy atom. The quantitative estimate of drug-likeness (QED) is 0.153. The average Bonchev–Trinajstić information content (AvgIpc) is 3.49. The van der Waals surface area contributed by atoms with Gasteiger partial charge in [0.05, 0.1) is 11.4 Å². The Kier molecular flexibility index (Phi) is 7.66. The summed E-state index contributed by atoms with van der Waals surface area (Å²) in [5, 5.41) is 5.07. The maximum absolute atomic E-state index is 2.57. The molecule has 1 nitrogen and oxygen atoms in total. The summed E-state index contributed by atoms with van der Waals surface area (Å²) in [6.45, 7) is 4.87. The van der Waals surface area contributed by atoms with Crippen LogP contribution in [0.2, 0.25) is 0 Å². The molecule has 0 aliphatic heterocycles. The lowest BCUT2D eigenvalue weighted by molar-refractivity contribution is -0.00518. The second-order valence-corrected chi connectivity index (χ2v) is 19.1. The maximum atomic E-state index is 2.57. The number of nitrogens with zero attached hydrogens (tertiary/aromatic N) is 1. The van der Waals surface area contributed by atoms with Crippen molar-refractivity contribution in [1.82, 2.24) is 0 Å². The number of benzene rings is 7. The van der Waals surface area contributed by atoms with E-state index in [1.165, 1.54) is 116 Å². The highest BCUT2D eigenvalue weighted by atomic mass is 15.1. The fourth-order valence-electron chi connectivity index (χ4n) is 13.0. The van der Waals surface area contributed by atoms with E-state index in [1.807, 2.05) is 0 Å². The Hall–Kier alpha value is -5.66. The normalized spacial score (nSPS) is 23.7. The second-order valence-electron chi connectivity index (χ2n) is 19.1. The van der Waals surface area contributed by atoms with Crippen molar-refractivity contribution in [3.63, 3.8) is 0 Å². The van der Waals surface area contributed by atoms with Gasteiger partial charge in [-0.15, -0.1) is 0 Å². The third-order valence-corrected chi connectivity index (χ3v) is 15.3. The first-order valence-electron chi connectivity index (χ1n) is 22.0. The van der Waals surface area contributed by atoms with E-state index < -0.39 is 0 Å². The van der Waals surface area contributed by atoms with E-state index >= 15 is 0 Å². The minimum absolute atomic E-state index is 0.0307. The fourth-order valence-corrected chi connectivity index (χ4v) is 13.0. The molecule has 4 fully saturated rings. The Balaban J connectivity index is 1.04. The molecule has 0 heterocycles. The summed E-state index contributed by atoms with van der Waals surface area (Å²) < 4.78 is 0. The van der Waals surface area contributed by atoms with Crippen LogP contribution in [0.1, 0.15) is 81.9 Å². The molecular formula is C57H51N. The molecule has 0 atom stereocenters. The molecule has 0 amide bonds. The molecule has 4 saturated carbocycles. The van der Waals surface area contributed by atoms with Crippen LogP contribution in [-0.4, -0.2) is 0 Å². The summed E-state index contributed by atoms with van der Waals surface area (Å²) in [5.41, 5.74) is 16.4. The average molecular weight is 750 g/mol. The van der Waals surface area contributed by atoms with Gasteiger partial charge < -0.3 is 4.90 Å². The van der Waals surface area contributed by atoms with E-state index in [-0.39, 0.29) is 5.41 Å². The van der Waals surface area contributed by atoms with Crippen LogP contribution in [0, 0.1) is 17.8 Å². The molecular weight excluding hydrogens is 699 g/mol. The second kappa shape index (κ2) is 12.9. The van der Waals surface area contributed by atoms with E-state index in [1.54, 1.807) is 11.1 Å². The lowest BCUT2D eigenvalue weighted by Crippen LogP contribution is -2.48. The molecule has 4 bridgehead atoms. The van der Waals surface area contributed by atoms with Gasteiger partial charge in [0.2, 0.25) is 0 Å². The van der Waals surface area contributed by atoms with Crippen molar-refractivity contribution in [3.8, 4) is 22.3 Å². The first kappa shape index (κ1) is 34.4. The van der Waals surface area contributed by atoms with Gasteiger partial charge in [-0.25, -0.2) is 0 Å². The molecule has 0 spiro atoms. The summed E-state index contributed by atoms with van der Waals surface area (Å²) in [4.78, 5) is 2.57. The summed E-state index contributed by atoms with van der Waals surface area (Å²) in [5.74, 6) is 2.85. The monoisotopic (exact) mass is 749 g/mol. The Bertz CT molecular complexity index is 2800. The lowest BCUT2D eigenvalue weighted by atomic mass is 9.48. The minimum Gasteiger partial charge on any atom is -0.309 e. The van der Waals surface area contributed by atoms with Crippen molar-refractivity contribution in [2.45, 2.75) is 76.0 Å². The van der Waals surface area contributed by atoms with Gasteiger partial charge in [0.15, 0.2) is 0 Å². The maximum Gasteiger partial charge on any atom is 0.0546 e. The van der Waals surface area contributed by atoms with E-state index in [9.17, 15) is 0 Å². The Labute approximate surface area is 343 Å². The van der Waals surface area contributed by atoms with Gasteiger partial charge in [0.1, 0.15) is 0 Å². The molecule has 6 aliphatic rings. The zero-order valence-corrected chi connectivity index (χ0v) is 33.8. The number of rotatable bonds is 6. The van der Waals surface area contributed by atoms with Crippen LogP contribution in [0.3, 0.4) is 0 Å². The zero-order chi connectivity index (χ0) is 38.6. The van der Waals surface area contributed by atoms with Crippen molar-refractivity contribution < 1.29 is 0 Å². The van der Waals surface area contributed by atoms with Crippen LogP contribution < -0.4 is 4.90 Å². The van der Waals surface area contributed by atoms with Crippen LogP contribution in [0.15, 0.2) is 163 Å². The van der Waals surface area contributed by atoms with Crippen molar-refractivity contribution in [2.75, 3.05) is 4.90 Å². The molecule has 284 valence electrons. The molecule has 1 heteroatoms. The molecule has 7 aromatic carbocycles. The van der Waals surface area contributed by atoms with Crippen molar-refractivity contribution >= 4 is 44.2 Å². The Morgan fingerprint density at radius 1 is 0.534 bits per heavy atom. The highest BCUT2D eigenvalue weighted by molar-refractivity contribution is 6.15. The molecule has 0 unspecified atom stereocenters. The van der Waals surface area contributed by atoms with Gasteiger partial charge in [-0.2, -0.15) is 0 Å². The third-order valence-electron chi connectivity index (χ3n) is 15.3. The van der Waals surface area contributed by atoms with Crippen LogP contribution in [0.4, 0.5) is 17.1 Å². The summed E-state index contributed by atoms with van der Waals surface area (Å²) in [7, 11) is 0. The van der Waals surface area contributed by atoms with E-state index in [2.05, 4.69) is 176 Å². The van der Waals surface area contributed by atoms with E-state index in [0.29, 0.717) is 5.41 Å². The molecule has 13 rings (SSSR count). The first-order valence-corrected chi connectivity index (χ1v) is 22.0. The molecule has 7 aromatic rings. The number of allylic oxidation sites excluding steroid dienone is 4. The number of hydrogen-bond donors (Lipinski definition) is 0. The van der Waals surface area contributed by atoms with Crippen molar-refractivity contribution in [3.05, 3.63) is 180 Å². The van der Waals surface area contributed by atoms with Crippen LogP contribution in [-0.2, 0) is 10.8 Å². The van der Waals surface area contributed by atoms with Gasteiger partial charge >= 0.3 is 0 Å². The summed E-state index contributed by atoms with van der Waals surface area (Å²) in [6.07, 6.45) is 15.6. The predicted octanol–water partition coefficient (Wildman–Crippen LogP) is 15.7. The van der Waals surface area contributed by atoms with E-state index in [0.717, 1.165) is 30.6 Å². The van der Waals surface area contributed by atoms with Gasteiger partial charge in [-0.3, -0.25) is 0 Å². The van der Waals surface area contributed by atoms with Crippen LogP contribution in [0.5, 0.6) is 0 Å². The predicted molar refractivity (Wildman–Crippen MR) is 245 cm³/mol. The highest BCUT2D eigenvalue weighted by Crippen LogP contribution is 2.61. The highest BCUT2D eigenvalue weighted by Gasteiger charge is 2.51. The molecule has 58 heavy (non-hydrogen) atoms. The minimum atomic E-state index is -0.0307. The summed E-state index contributed by atoms with van der Waals surface area (Å²) >= 11 is 0. The van der Waals surface area contributed by atoms with Gasteiger partial charge in [0, 0.05) is 22.1 Å². The van der Waals surface area contributed by atoms with E-state index in [4.69, 9.17) is 0 Å². The van der Waals surface area contributed by atoms with Crippen molar-refractivity contribution in [2.24, 2.45) is 17.8 Å². The zero-order valence-electron chi connectivity index (χ0n) is 33.8. The van der Waals surface area contributed by atoms with Crippen LogP contribution in [0.25, 0.3) is 49.4 Å². The van der Waals surface area contributed by atoms with Crippen molar-refractivity contribution in [1.29, 1.82) is 0 Å². The smallest absolute Gasteiger partial charge is 0.0546 e. The molecule has 0 N–H and O–H groups in total. The summed E-state index contributed by atoms with van der Waals surface area (Å²) in [6, 6.07) is 55.8. The SMILES string of the molecule is CC1(C)C2=C(C=CCC2)c2ccc(N(c3ccc(-c4ccc(C56CC7CC(CC(C7)C5)C6)cc4)cc3-c3ccccc3)c3cc4ccccc4c4ccccc34)cc21.